The molecule has 1 unspecified atom stereocenters. The van der Waals surface area contributed by atoms with Crippen molar-refractivity contribution in [1.29, 1.82) is 0 Å². The molecule has 6 heteroatoms. The zero-order valence-electron chi connectivity index (χ0n) is 13.0. The first-order valence-electron chi connectivity index (χ1n) is 7.41. The van der Waals surface area contributed by atoms with E-state index < -0.39 is 0 Å². The van der Waals surface area contributed by atoms with Crippen molar-refractivity contribution in [2.75, 3.05) is 0 Å². The third-order valence-corrected chi connectivity index (χ3v) is 5.43. The molecular weight excluding hydrogens is 328 g/mol. The van der Waals surface area contributed by atoms with Gasteiger partial charge in [0.2, 0.25) is 5.91 Å². The van der Waals surface area contributed by atoms with E-state index in [1.54, 1.807) is 22.7 Å². The van der Waals surface area contributed by atoms with Gasteiger partial charge < -0.3 is 9.84 Å². The van der Waals surface area contributed by atoms with Gasteiger partial charge in [-0.3, -0.25) is 4.79 Å². The van der Waals surface area contributed by atoms with Crippen LogP contribution in [-0.4, -0.2) is 11.1 Å². The molecule has 3 rings (SSSR count). The zero-order valence-corrected chi connectivity index (χ0v) is 14.7. The second-order valence-electron chi connectivity index (χ2n) is 5.38. The number of amides is 1. The van der Waals surface area contributed by atoms with Gasteiger partial charge in [-0.1, -0.05) is 11.2 Å². The largest absolute Gasteiger partial charge is 0.361 e. The first kappa shape index (κ1) is 16.0. The molecule has 1 N–H and O–H groups in total. The average molecular weight is 346 g/mol. The van der Waals surface area contributed by atoms with Gasteiger partial charge in [0.15, 0.2) is 0 Å². The summed E-state index contributed by atoms with van der Waals surface area (Å²) in [6, 6.07) is 6.05. The van der Waals surface area contributed by atoms with Crippen molar-refractivity contribution in [2.45, 2.75) is 32.7 Å². The monoisotopic (exact) mass is 346 g/mol. The predicted octanol–water partition coefficient (Wildman–Crippen LogP) is 4.25. The number of thiophene rings is 2. The van der Waals surface area contributed by atoms with E-state index in [-0.39, 0.29) is 11.9 Å². The predicted molar refractivity (Wildman–Crippen MR) is 92.9 cm³/mol. The van der Waals surface area contributed by atoms with E-state index in [9.17, 15) is 4.79 Å². The minimum atomic E-state index is -0.0709. The van der Waals surface area contributed by atoms with Crippen LogP contribution in [0.2, 0.25) is 0 Å². The summed E-state index contributed by atoms with van der Waals surface area (Å²) in [4.78, 5) is 13.6. The molecule has 0 aliphatic heterocycles. The number of aromatic nitrogens is 1. The van der Waals surface area contributed by atoms with E-state index >= 15 is 0 Å². The van der Waals surface area contributed by atoms with Crippen LogP contribution in [-0.2, 0) is 11.2 Å². The molecule has 0 saturated carbocycles. The Bertz CT molecular complexity index is 707. The average Bonchev–Trinajstić information content (AvgIpc) is 3.27. The number of nitrogens with zero attached hydrogens (tertiary/aromatic N) is 1. The Morgan fingerprint density at radius 1 is 1.35 bits per heavy atom. The van der Waals surface area contributed by atoms with Crippen LogP contribution in [0.1, 0.15) is 39.9 Å². The van der Waals surface area contributed by atoms with E-state index in [0.717, 1.165) is 27.5 Å². The Balaban J connectivity index is 1.67. The number of hydrogen-bond donors (Lipinski definition) is 1. The summed E-state index contributed by atoms with van der Waals surface area (Å²) in [7, 11) is 0. The quantitative estimate of drug-likeness (QED) is 0.726. The second kappa shape index (κ2) is 7.10. The highest BCUT2D eigenvalue weighted by atomic mass is 32.1. The van der Waals surface area contributed by atoms with Crippen LogP contribution in [0.25, 0.3) is 0 Å². The number of carbonyl (C=O) groups is 1. The van der Waals surface area contributed by atoms with E-state index in [1.165, 1.54) is 0 Å². The molecule has 1 atom stereocenters. The third kappa shape index (κ3) is 3.71. The smallest absolute Gasteiger partial charge is 0.221 e. The molecule has 0 aromatic carbocycles. The number of nitrogens with one attached hydrogen (secondary N) is 1. The Labute approximate surface area is 143 Å². The van der Waals surface area contributed by atoms with Crippen molar-refractivity contribution in [2.24, 2.45) is 0 Å². The van der Waals surface area contributed by atoms with Gasteiger partial charge in [0.05, 0.1) is 11.7 Å². The van der Waals surface area contributed by atoms with Crippen molar-refractivity contribution in [1.82, 2.24) is 10.5 Å². The highest BCUT2D eigenvalue weighted by molar-refractivity contribution is 7.10. The maximum Gasteiger partial charge on any atom is 0.221 e. The van der Waals surface area contributed by atoms with Gasteiger partial charge in [-0.25, -0.2) is 0 Å². The fraction of sp³-hybridized carbons (Fsp3) is 0.294. The number of hydrogen-bond acceptors (Lipinski definition) is 5. The summed E-state index contributed by atoms with van der Waals surface area (Å²) in [5, 5.41) is 13.2. The minimum absolute atomic E-state index is 0.0367. The molecule has 0 spiro atoms. The maximum absolute atomic E-state index is 12.4. The fourth-order valence-corrected chi connectivity index (χ4v) is 4.03. The van der Waals surface area contributed by atoms with E-state index in [0.29, 0.717) is 12.8 Å². The van der Waals surface area contributed by atoms with Crippen molar-refractivity contribution in [3.8, 4) is 0 Å². The lowest BCUT2D eigenvalue weighted by molar-refractivity contribution is -0.121. The van der Waals surface area contributed by atoms with Gasteiger partial charge in [0, 0.05) is 16.9 Å². The molecule has 120 valence electrons. The molecule has 3 aromatic rings. The minimum Gasteiger partial charge on any atom is -0.361 e. The molecule has 1 amide bonds. The molecule has 0 radical (unpaired) electrons. The first-order chi connectivity index (χ1) is 11.1. The van der Waals surface area contributed by atoms with Gasteiger partial charge in [-0.2, -0.15) is 11.3 Å². The van der Waals surface area contributed by atoms with Crippen LogP contribution < -0.4 is 5.32 Å². The summed E-state index contributed by atoms with van der Waals surface area (Å²) >= 11 is 3.30. The SMILES string of the molecule is Cc1noc(C)c1CCC(=O)NC(c1ccsc1)c1cccs1. The van der Waals surface area contributed by atoms with E-state index in [4.69, 9.17) is 4.52 Å². The highest BCUT2D eigenvalue weighted by Gasteiger charge is 2.19. The fourth-order valence-electron chi connectivity index (χ4n) is 2.54. The molecule has 23 heavy (non-hydrogen) atoms. The lowest BCUT2D eigenvalue weighted by Gasteiger charge is -2.16. The molecule has 4 nitrogen and oxygen atoms in total. The van der Waals surface area contributed by atoms with Gasteiger partial charge in [-0.05, 0) is 54.1 Å². The Kier molecular flexibility index (Phi) is 4.93. The van der Waals surface area contributed by atoms with Crippen molar-refractivity contribution < 1.29 is 9.32 Å². The number of carbonyl (C=O) groups excluding carboxylic acids is 1. The molecule has 0 bridgehead atoms. The van der Waals surface area contributed by atoms with Gasteiger partial charge in [-0.15, -0.1) is 11.3 Å². The van der Waals surface area contributed by atoms with Crippen molar-refractivity contribution in [3.63, 3.8) is 0 Å². The van der Waals surface area contributed by atoms with Gasteiger partial charge >= 0.3 is 0 Å². The lowest BCUT2D eigenvalue weighted by Crippen LogP contribution is -2.28. The van der Waals surface area contributed by atoms with Crippen LogP contribution in [0.4, 0.5) is 0 Å². The van der Waals surface area contributed by atoms with Gasteiger partial charge in [0.1, 0.15) is 5.76 Å². The topological polar surface area (TPSA) is 55.1 Å². The summed E-state index contributed by atoms with van der Waals surface area (Å²) < 4.78 is 5.15. The normalized spacial score (nSPS) is 12.3. The molecule has 0 saturated heterocycles. The Morgan fingerprint density at radius 2 is 2.22 bits per heavy atom. The van der Waals surface area contributed by atoms with Crippen LogP contribution >= 0.6 is 22.7 Å². The molecule has 0 fully saturated rings. The third-order valence-electron chi connectivity index (χ3n) is 3.79. The van der Waals surface area contributed by atoms with E-state index in [1.807, 2.05) is 30.7 Å². The maximum atomic E-state index is 12.4. The van der Waals surface area contributed by atoms with Gasteiger partial charge in [0.25, 0.3) is 0 Å². The van der Waals surface area contributed by atoms with Crippen molar-refractivity contribution in [3.05, 3.63) is 61.8 Å². The molecule has 0 aliphatic carbocycles. The number of rotatable bonds is 6. The Morgan fingerprint density at radius 3 is 2.83 bits per heavy atom. The van der Waals surface area contributed by atoms with Crippen LogP contribution in [0.3, 0.4) is 0 Å². The van der Waals surface area contributed by atoms with E-state index in [2.05, 4.69) is 28.0 Å². The first-order valence-corrected chi connectivity index (χ1v) is 9.24. The van der Waals surface area contributed by atoms with Crippen LogP contribution in [0.15, 0.2) is 38.9 Å². The summed E-state index contributed by atoms with van der Waals surface area (Å²) in [6.45, 7) is 3.79. The summed E-state index contributed by atoms with van der Waals surface area (Å²) in [5.41, 5.74) is 3.02. The Hall–Kier alpha value is -1.92. The zero-order chi connectivity index (χ0) is 16.2. The second-order valence-corrected chi connectivity index (χ2v) is 7.13. The summed E-state index contributed by atoms with van der Waals surface area (Å²) in [6.07, 6.45) is 1.07. The molecule has 3 heterocycles. The summed E-state index contributed by atoms with van der Waals surface area (Å²) in [5.74, 6) is 0.831. The van der Waals surface area contributed by atoms with Crippen LogP contribution in [0.5, 0.6) is 0 Å². The lowest BCUT2D eigenvalue weighted by atomic mass is 10.1. The standard InChI is InChI=1S/C17H18N2O2S2/c1-11-14(12(2)21-19-11)5-6-16(20)18-17(13-7-9-22-10-13)15-4-3-8-23-15/h3-4,7-10,17H,5-6H2,1-2H3,(H,18,20). The molecule has 3 aromatic heterocycles. The number of aryl methyl sites for hydroxylation is 2. The van der Waals surface area contributed by atoms with Crippen molar-refractivity contribution >= 4 is 28.6 Å². The molecule has 0 aliphatic rings. The van der Waals surface area contributed by atoms with Crippen LogP contribution in [0, 0.1) is 13.8 Å². The highest BCUT2D eigenvalue weighted by Crippen LogP contribution is 2.27. The molecular formula is C17H18N2O2S2.